The maximum atomic E-state index is 12.5. The molecule has 2 aliphatic rings. The van der Waals surface area contributed by atoms with Crippen molar-refractivity contribution in [1.82, 2.24) is 19.6 Å². The van der Waals surface area contributed by atoms with E-state index in [0.29, 0.717) is 18.6 Å². The van der Waals surface area contributed by atoms with Crippen LogP contribution in [-0.2, 0) is 11.3 Å². The molecule has 0 unspecified atom stereocenters. The Labute approximate surface area is 120 Å². The fraction of sp³-hybridized carbons (Fsp3) is 0.733. The summed E-state index contributed by atoms with van der Waals surface area (Å²) in [6.07, 6.45) is 8.52. The molecule has 20 heavy (non-hydrogen) atoms. The first-order valence-electron chi connectivity index (χ1n) is 7.64. The summed E-state index contributed by atoms with van der Waals surface area (Å²) in [6.45, 7) is 4.45. The Bertz CT molecular complexity index is 484. The third kappa shape index (κ3) is 2.59. The van der Waals surface area contributed by atoms with E-state index < -0.39 is 0 Å². The molecule has 0 spiro atoms. The SMILES string of the molecule is Cc1cnn(CC(=O)N2CCC[C@@H]2[C@H]2CCCN2C)c1. The lowest BCUT2D eigenvalue weighted by Gasteiger charge is -2.33. The molecule has 0 aromatic carbocycles. The van der Waals surface area contributed by atoms with E-state index in [1.54, 1.807) is 10.9 Å². The monoisotopic (exact) mass is 276 g/mol. The smallest absolute Gasteiger partial charge is 0.244 e. The van der Waals surface area contributed by atoms with Gasteiger partial charge in [0.1, 0.15) is 6.54 Å². The van der Waals surface area contributed by atoms with Gasteiger partial charge in [-0.25, -0.2) is 0 Å². The molecule has 5 nitrogen and oxygen atoms in total. The number of likely N-dealkylation sites (N-methyl/N-ethyl adjacent to an activating group) is 1. The second-order valence-electron chi connectivity index (χ2n) is 6.20. The van der Waals surface area contributed by atoms with Crippen LogP contribution in [0.25, 0.3) is 0 Å². The maximum Gasteiger partial charge on any atom is 0.244 e. The van der Waals surface area contributed by atoms with Gasteiger partial charge in [-0.2, -0.15) is 5.10 Å². The Morgan fingerprint density at radius 1 is 1.30 bits per heavy atom. The van der Waals surface area contributed by atoms with Gasteiger partial charge < -0.3 is 9.80 Å². The fourth-order valence-corrected chi connectivity index (χ4v) is 3.71. The summed E-state index contributed by atoms with van der Waals surface area (Å²) in [7, 11) is 2.19. The first-order valence-corrected chi connectivity index (χ1v) is 7.64. The van der Waals surface area contributed by atoms with Crippen LogP contribution in [0.5, 0.6) is 0 Å². The van der Waals surface area contributed by atoms with Crippen molar-refractivity contribution in [2.45, 2.75) is 51.2 Å². The number of carbonyl (C=O) groups is 1. The Morgan fingerprint density at radius 3 is 2.70 bits per heavy atom. The molecule has 2 fully saturated rings. The van der Waals surface area contributed by atoms with E-state index in [-0.39, 0.29) is 5.91 Å². The number of hydrogen-bond donors (Lipinski definition) is 0. The van der Waals surface area contributed by atoms with E-state index in [9.17, 15) is 4.79 Å². The van der Waals surface area contributed by atoms with Crippen LogP contribution in [0, 0.1) is 6.92 Å². The van der Waals surface area contributed by atoms with Crippen LogP contribution >= 0.6 is 0 Å². The fourth-order valence-electron chi connectivity index (χ4n) is 3.71. The molecule has 0 saturated carbocycles. The van der Waals surface area contributed by atoms with Crippen LogP contribution in [0.1, 0.15) is 31.2 Å². The molecular weight excluding hydrogens is 252 g/mol. The van der Waals surface area contributed by atoms with Crippen molar-refractivity contribution in [3.8, 4) is 0 Å². The Balaban J connectivity index is 1.67. The summed E-state index contributed by atoms with van der Waals surface area (Å²) in [5.41, 5.74) is 1.10. The highest BCUT2D eigenvalue weighted by molar-refractivity contribution is 5.76. The molecule has 0 aliphatic carbocycles. The molecule has 2 aliphatic heterocycles. The van der Waals surface area contributed by atoms with Crippen LogP contribution in [0.4, 0.5) is 0 Å². The van der Waals surface area contributed by atoms with Crippen molar-refractivity contribution < 1.29 is 4.79 Å². The molecule has 0 bridgehead atoms. The topological polar surface area (TPSA) is 41.4 Å². The zero-order valence-corrected chi connectivity index (χ0v) is 12.5. The number of amides is 1. The molecule has 0 N–H and O–H groups in total. The standard InChI is InChI=1S/C15H24N4O/c1-12-9-16-18(10-12)11-15(20)19-8-4-6-14(19)13-5-3-7-17(13)2/h9-10,13-14H,3-8,11H2,1-2H3/t13-,14-/m1/s1. The van der Waals surface area contributed by atoms with E-state index in [1.807, 2.05) is 13.1 Å². The molecular formula is C15H24N4O. The van der Waals surface area contributed by atoms with Crippen LogP contribution in [0.2, 0.25) is 0 Å². The molecule has 2 saturated heterocycles. The molecule has 3 heterocycles. The largest absolute Gasteiger partial charge is 0.337 e. The van der Waals surface area contributed by atoms with Crippen LogP contribution in [0.15, 0.2) is 12.4 Å². The molecule has 5 heteroatoms. The van der Waals surface area contributed by atoms with Crippen molar-refractivity contribution in [3.63, 3.8) is 0 Å². The minimum absolute atomic E-state index is 0.218. The number of aromatic nitrogens is 2. The maximum absolute atomic E-state index is 12.5. The highest BCUT2D eigenvalue weighted by Crippen LogP contribution is 2.29. The Kier molecular flexibility index (Phi) is 3.78. The zero-order valence-electron chi connectivity index (χ0n) is 12.5. The predicted octanol–water partition coefficient (Wildman–Crippen LogP) is 1.28. The Morgan fingerprint density at radius 2 is 2.05 bits per heavy atom. The van der Waals surface area contributed by atoms with Gasteiger partial charge in [0.2, 0.25) is 5.91 Å². The van der Waals surface area contributed by atoms with Gasteiger partial charge >= 0.3 is 0 Å². The van der Waals surface area contributed by atoms with Gasteiger partial charge in [0.25, 0.3) is 0 Å². The van der Waals surface area contributed by atoms with E-state index in [0.717, 1.165) is 24.9 Å². The van der Waals surface area contributed by atoms with Crippen molar-refractivity contribution in [1.29, 1.82) is 0 Å². The second-order valence-corrected chi connectivity index (χ2v) is 6.20. The second kappa shape index (κ2) is 5.56. The van der Waals surface area contributed by atoms with Gasteiger partial charge in [-0.05, 0) is 51.8 Å². The van der Waals surface area contributed by atoms with E-state index in [4.69, 9.17) is 0 Å². The number of carbonyl (C=O) groups excluding carboxylic acids is 1. The van der Waals surface area contributed by atoms with E-state index >= 15 is 0 Å². The number of nitrogens with zero attached hydrogens (tertiary/aromatic N) is 4. The van der Waals surface area contributed by atoms with Crippen molar-refractivity contribution >= 4 is 5.91 Å². The highest BCUT2D eigenvalue weighted by atomic mass is 16.2. The quantitative estimate of drug-likeness (QED) is 0.835. The lowest BCUT2D eigenvalue weighted by Crippen LogP contribution is -2.48. The summed E-state index contributed by atoms with van der Waals surface area (Å²) in [6, 6.07) is 0.965. The third-order valence-corrected chi connectivity index (χ3v) is 4.70. The third-order valence-electron chi connectivity index (χ3n) is 4.70. The number of likely N-dealkylation sites (tertiary alicyclic amines) is 2. The van der Waals surface area contributed by atoms with Gasteiger partial charge in [0, 0.05) is 24.8 Å². The van der Waals surface area contributed by atoms with Crippen molar-refractivity contribution in [2.24, 2.45) is 0 Å². The number of rotatable bonds is 3. The summed E-state index contributed by atoms with van der Waals surface area (Å²) in [5.74, 6) is 0.218. The summed E-state index contributed by atoms with van der Waals surface area (Å²) < 4.78 is 1.76. The highest BCUT2D eigenvalue weighted by Gasteiger charge is 2.38. The molecule has 1 aromatic rings. The van der Waals surface area contributed by atoms with Gasteiger partial charge in [-0.1, -0.05) is 0 Å². The first kappa shape index (κ1) is 13.6. The van der Waals surface area contributed by atoms with Crippen LogP contribution in [0.3, 0.4) is 0 Å². The number of aryl methyl sites for hydroxylation is 1. The normalized spacial score (nSPS) is 27.4. The van der Waals surface area contributed by atoms with Crippen molar-refractivity contribution in [3.05, 3.63) is 18.0 Å². The molecule has 2 atom stereocenters. The summed E-state index contributed by atoms with van der Waals surface area (Å²) >= 11 is 0. The average molecular weight is 276 g/mol. The summed E-state index contributed by atoms with van der Waals surface area (Å²) in [4.78, 5) is 17.1. The van der Waals surface area contributed by atoms with Gasteiger partial charge in [0.05, 0.1) is 6.20 Å². The van der Waals surface area contributed by atoms with Gasteiger partial charge in [-0.3, -0.25) is 9.48 Å². The van der Waals surface area contributed by atoms with E-state index in [2.05, 4.69) is 21.9 Å². The molecule has 1 amide bonds. The molecule has 0 radical (unpaired) electrons. The molecule has 110 valence electrons. The average Bonchev–Trinajstić information content (AvgIpc) is 3.10. The first-order chi connectivity index (χ1) is 9.65. The number of hydrogen-bond acceptors (Lipinski definition) is 3. The zero-order chi connectivity index (χ0) is 14.1. The molecule has 3 rings (SSSR count). The summed E-state index contributed by atoms with van der Waals surface area (Å²) in [5, 5.41) is 4.22. The lowest BCUT2D eigenvalue weighted by atomic mass is 10.0. The minimum Gasteiger partial charge on any atom is -0.337 e. The van der Waals surface area contributed by atoms with Gasteiger partial charge in [0.15, 0.2) is 0 Å². The lowest BCUT2D eigenvalue weighted by molar-refractivity contribution is -0.133. The van der Waals surface area contributed by atoms with Crippen LogP contribution < -0.4 is 0 Å². The molecule has 1 aromatic heterocycles. The predicted molar refractivity (Wildman–Crippen MR) is 77.4 cm³/mol. The van der Waals surface area contributed by atoms with Crippen molar-refractivity contribution in [2.75, 3.05) is 20.1 Å². The minimum atomic E-state index is 0.218. The van der Waals surface area contributed by atoms with Crippen LogP contribution in [-0.4, -0.2) is 57.7 Å². The Hall–Kier alpha value is -1.36. The van der Waals surface area contributed by atoms with E-state index in [1.165, 1.54) is 19.4 Å². The van der Waals surface area contributed by atoms with Gasteiger partial charge in [-0.15, -0.1) is 0 Å².